The summed E-state index contributed by atoms with van der Waals surface area (Å²) in [7, 11) is 1.31. The predicted molar refractivity (Wildman–Crippen MR) is 234 cm³/mol. The van der Waals surface area contributed by atoms with Crippen LogP contribution in [-0.2, 0) is 42.7 Å². The van der Waals surface area contributed by atoms with Crippen LogP contribution in [-0.4, -0.2) is 178 Å². The summed E-state index contributed by atoms with van der Waals surface area (Å²) < 4.78 is 46.4. The fourth-order valence-electron chi connectivity index (χ4n) is 7.30. The van der Waals surface area contributed by atoms with E-state index in [1.807, 2.05) is 0 Å². The fraction of sp³-hybridized carbons (Fsp3) is 0.837. The van der Waals surface area contributed by atoms with E-state index >= 15 is 0 Å². The first-order chi connectivity index (χ1) is 30.1. The van der Waals surface area contributed by atoms with Crippen molar-refractivity contribution in [2.75, 3.05) is 26.7 Å². The molecule has 23 heteroatoms. The zero-order valence-electron chi connectivity index (χ0n) is 40.8. The van der Waals surface area contributed by atoms with Crippen molar-refractivity contribution in [1.82, 2.24) is 26.2 Å². The lowest BCUT2D eigenvalue weighted by Gasteiger charge is -2.50. The van der Waals surface area contributed by atoms with Crippen LogP contribution in [0.1, 0.15) is 109 Å². The van der Waals surface area contributed by atoms with Gasteiger partial charge in [0.2, 0.25) is 12.2 Å². The minimum Gasteiger partial charge on any atom is -0.466 e. The molecule has 0 aromatic carbocycles. The van der Waals surface area contributed by atoms with Crippen molar-refractivity contribution in [3.63, 3.8) is 0 Å². The molecular formula is C43H76N6O17. The Morgan fingerprint density at radius 1 is 0.773 bits per heavy atom. The molecule has 23 nitrogen and oxygen atoms in total. The summed E-state index contributed by atoms with van der Waals surface area (Å²) in [6.45, 7) is 20.4. The number of hydrogen-bond acceptors (Lipinski definition) is 18. The van der Waals surface area contributed by atoms with Gasteiger partial charge in [-0.15, -0.1) is 0 Å². The second-order valence-electron chi connectivity index (χ2n) is 20.9. The van der Waals surface area contributed by atoms with E-state index < -0.39 is 132 Å². The number of rotatable bonds is 13. The van der Waals surface area contributed by atoms with Gasteiger partial charge in [0.15, 0.2) is 6.29 Å². The smallest absolute Gasteiger partial charge is 0.410 e. The van der Waals surface area contributed by atoms with E-state index in [9.17, 15) is 44.4 Å². The number of carbonyl (C=O) groups excluding carboxylic acids is 5. The molecule has 0 bridgehead atoms. The fourth-order valence-corrected chi connectivity index (χ4v) is 7.30. The van der Waals surface area contributed by atoms with E-state index in [1.54, 1.807) is 89.2 Å². The van der Waals surface area contributed by atoms with Crippen LogP contribution in [0, 0.1) is 0 Å². The van der Waals surface area contributed by atoms with Gasteiger partial charge in [-0.3, -0.25) is 4.79 Å². The molecule has 2 aliphatic heterocycles. The molecule has 1 saturated heterocycles. The summed E-state index contributed by atoms with van der Waals surface area (Å²) in [6.07, 6.45) is -13.9. The Hall–Kier alpha value is -4.23. The van der Waals surface area contributed by atoms with Crippen LogP contribution >= 0.6 is 0 Å². The Labute approximate surface area is 387 Å². The highest BCUT2D eigenvalue weighted by Gasteiger charge is 2.55. The monoisotopic (exact) mass is 949 g/mol. The Bertz CT molecular complexity index is 1700. The highest BCUT2D eigenvalue weighted by atomic mass is 16.7. The lowest BCUT2D eigenvalue weighted by Crippen LogP contribution is -2.71. The molecule has 0 aromatic heterocycles. The molecule has 12 atom stereocenters. The summed E-state index contributed by atoms with van der Waals surface area (Å²) in [4.78, 5) is 66.6. The minimum absolute atomic E-state index is 0.0686. The SMILES string of the molecule is CN(C(=O)OC(C)(C)C)C1C(O)C(OC2C(NC(=O)C(O)CCNC(=O)OC(C)(C)C)CC(NC(=O)OC(C)(C)C)C(OC3OC(CN)=CCC3NC(=O)OC(C)(C)C)C2O)OCC1(C)O. The third-order valence-corrected chi connectivity index (χ3v) is 9.95. The van der Waals surface area contributed by atoms with Crippen LogP contribution in [0.25, 0.3) is 0 Å². The first-order valence-corrected chi connectivity index (χ1v) is 22.1. The average molecular weight is 949 g/mol. The second kappa shape index (κ2) is 22.3. The van der Waals surface area contributed by atoms with Crippen LogP contribution in [0.3, 0.4) is 0 Å². The van der Waals surface area contributed by atoms with Crippen LogP contribution in [0.2, 0.25) is 0 Å². The van der Waals surface area contributed by atoms with Crippen molar-refractivity contribution >= 4 is 30.3 Å². The van der Waals surface area contributed by atoms with Gasteiger partial charge in [0.1, 0.15) is 64.3 Å². The largest absolute Gasteiger partial charge is 0.466 e. The molecule has 2 heterocycles. The van der Waals surface area contributed by atoms with Crippen LogP contribution < -0.4 is 27.0 Å². The quantitative estimate of drug-likeness (QED) is 0.118. The van der Waals surface area contributed by atoms with Gasteiger partial charge in [-0.2, -0.15) is 0 Å². The maximum atomic E-state index is 13.7. The number of aliphatic hydroxyl groups excluding tert-OH is 3. The van der Waals surface area contributed by atoms with Crippen LogP contribution in [0.15, 0.2) is 11.8 Å². The van der Waals surface area contributed by atoms with Crippen molar-refractivity contribution in [2.24, 2.45) is 5.73 Å². The van der Waals surface area contributed by atoms with Gasteiger partial charge >= 0.3 is 24.4 Å². The molecule has 3 rings (SSSR count). The molecule has 0 spiro atoms. The number of amides is 5. The maximum Gasteiger partial charge on any atom is 0.410 e. The van der Waals surface area contributed by atoms with Gasteiger partial charge in [-0.25, -0.2) is 19.2 Å². The molecule has 5 amide bonds. The number of hydrogen-bond donors (Lipinski definition) is 9. The van der Waals surface area contributed by atoms with E-state index in [2.05, 4.69) is 21.3 Å². The summed E-state index contributed by atoms with van der Waals surface area (Å²) in [6, 6.07) is -4.93. The van der Waals surface area contributed by atoms with Crippen molar-refractivity contribution in [2.45, 2.75) is 205 Å². The molecule has 1 saturated carbocycles. The molecule has 10 N–H and O–H groups in total. The number of nitrogens with one attached hydrogen (secondary N) is 4. The number of likely N-dealkylation sites (N-methyl/N-ethyl adjacent to an activating group) is 1. The highest BCUT2D eigenvalue weighted by molar-refractivity contribution is 5.81. The van der Waals surface area contributed by atoms with Gasteiger partial charge in [0.05, 0.1) is 37.3 Å². The molecule has 2 fully saturated rings. The van der Waals surface area contributed by atoms with Gasteiger partial charge < -0.3 is 90.2 Å². The lowest BCUT2D eigenvalue weighted by atomic mass is 9.82. The second-order valence-corrected chi connectivity index (χ2v) is 20.9. The number of ether oxygens (including phenoxy) is 8. The topological polar surface area (TPSA) is 317 Å². The standard InChI is InChI=1S/C43H76N6O17/c1-39(2,3)63-35(54)45-18-17-26(50)32(53)46-24-19-25(48-37(56)65-41(7,8)9)30(61-33-23(16-15-22(20-44)60-33)47-36(55)64-40(4,5)6)27(51)29(24)62-34-28(52)31(43(13,58)21-59-34)49(14)38(57)66-42(10,11)12/h15,23-31,33-34,50-52,58H,16-21,44H2,1-14H3,(H,45,54)(H,46,53)(H,47,55)(H,48,56). The van der Waals surface area contributed by atoms with E-state index in [0.29, 0.717) is 0 Å². The zero-order valence-corrected chi connectivity index (χ0v) is 40.8. The average Bonchev–Trinajstić information content (AvgIpc) is 3.12. The van der Waals surface area contributed by atoms with Crippen molar-refractivity contribution < 1.29 is 82.3 Å². The highest BCUT2D eigenvalue weighted by Crippen LogP contribution is 2.35. The molecule has 66 heavy (non-hydrogen) atoms. The molecule has 0 radical (unpaired) electrons. The molecule has 0 aromatic rings. The number of nitrogens with zero attached hydrogens (tertiary/aromatic N) is 1. The number of nitrogens with two attached hydrogens (primary N) is 1. The normalized spacial score (nSPS) is 30.0. The third-order valence-electron chi connectivity index (χ3n) is 9.95. The summed E-state index contributed by atoms with van der Waals surface area (Å²) in [5, 5.41) is 57.2. The van der Waals surface area contributed by atoms with Crippen molar-refractivity contribution in [3.8, 4) is 0 Å². The van der Waals surface area contributed by atoms with Crippen LogP contribution in [0.5, 0.6) is 0 Å². The molecule has 12 unspecified atom stereocenters. The van der Waals surface area contributed by atoms with Gasteiger partial charge in [-0.1, -0.05) is 0 Å². The molecule has 3 aliphatic rings. The van der Waals surface area contributed by atoms with Crippen LogP contribution in [0.4, 0.5) is 19.2 Å². The van der Waals surface area contributed by atoms with E-state index in [0.717, 1.165) is 4.90 Å². The minimum atomic E-state index is -1.88. The Morgan fingerprint density at radius 2 is 1.26 bits per heavy atom. The number of carbonyl (C=O) groups is 5. The third kappa shape index (κ3) is 17.4. The number of aliphatic hydroxyl groups is 4. The van der Waals surface area contributed by atoms with Gasteiger partial charge in [-0.05, 0) is 115 Å². The number of alkyl carbamates (subject to hydrolysis) is 3. The van der Waals surface area contributed by atoms with E-state index in [-0.39, 0.29) is 38.1 Å². The van der Waals surface area contributed by atoms with Gasteiger partial charge in [0, 0.05) is 13.6 Å². The predicted octanol–water partition coefficient (Wildman–Crippen LogP) is 1.36. The first kappa shape index (κ1) is 56.1. The van der Waals surface area contributed by atoms with Crippen molar-refractivity contribution in [1.29, 1.82) is 0 Å². The Morgan fingerprint density at radius 3 is 1.77 bits per heavy atom. The maximum absolute atomic E-state index is 13.7. The molecule has 1 aliphatic carbocycles. The molecule has 380 valence electrons. The van der Waals surface area contributed by atoms with Crippen molar-refractivity contribution in [3.05, 3.63) is 11.8 Å². The van der Waals surface area contributed by atoms with E-state index in [4.69, 9.17) is 43.6 Å². The first-order valence-electron chi connectivity index (χ1n) is 22.1. The summed E-state index contributed by atoms with van der Waals surface area (Å²) in [5.41, 5.74) is 0.455. The van der Waals surface area contributed by atoms with E-state index in [1.165, 1.54) is 14.0 Å². The molecular weight excluding hydrogens is 872 g/mol. The lowest BCUT2D eigenvalue weighted by molar-refractivity contribution is -0.311. The van der Waals surface area contributed by atoms with Gasteiger partial charge in [0.25, 0.3) is 0 Å². The Balaban J connectivity index is 2.08. The zero-order chi connectivity index (χ0) is 50.3. The summed E-state index contributed by atoms with van der Waals surface area (Å²) in [5.74, 6) is -0.698. The Kier molecular flexibility index (Phi) is 18.9. The summed E-state index contributed by atoms with van der Waals surface area (Å²) >= 11 is 0.